The number of aryl methyl sites for hydroxylation is 2. The number of nitrogens with one attached hydrogen (secondary N) is 1. The smallest absolute Gasteiger partial charge is 0.312 e. The minimum Gasteiger partial charge on any atom is -0.312 e. The Morgan fingerprint density at radius 3 is 2.37 bits per heavy atom. The van der Waals surface area contributed by atoms with Gasteiger partial charge in [0.2, 0.25) is 0 Å². The van der Waals surface area contributed by atoms with Gasteiger partial charge in [0.05, 0.1) is 5.56 Å². The maximum absolute atomic E-state index is 12.7. The standard InChI is InChI=1S/C15H20F3N/c1-3-19-14(2)8-6-11-4-5-13(15(16,17)18)10-12(11)7-9-14/h4-5,10,19H,3,6-9H2,1-2H3. The summed E-state index contributed by atoms with van der Waals surface area (Å²) in [5.74, 6) is 0. The molecule has 0 saturated heterocycles. The Morgan fingerprint density at radius 2 is 1.79 bits per heavy atom. The van der Waals surface area contributed by atoms with E-state index in [1.165, 1.54) is 12.1 Å². The molecule has 0 bridgehead atoms. The van der Waals surface area contributed by atoms with Crippen LogP contribution in [0.3, 0.4) is 0 Å². The second-order valence-corrected chi connectivity index (χ2v) is 5.57. The molecule has 1 aliphatic rings. The third kappa shape index (κ3) is 3.30. The van der Waals surface area contributed by atoms with Crippen LogP contribution in [0, 0.1) is 0 Å². The van der Waals surface area contributed by atoms with Crippen molar-refractivity contribution in [3.8, 4) is 0 Å². The zero-order chi connectivity index (χ0) is 14.1. The average Bonchev–Trinajstić information content (AvgIpc) is 2.49. The number of fused-ring (bicyclic) bond motifs is 1. The highest BCUT2D eigenvalue weighted by Gasteiger charge is 2.32. The molecular formula is C15H20F3N. The van der Waals surface area contributed by atoms with Gasteiger partial charge < -0.3 is 5.32 Å². The van der Waals surface area contributed by atoms with Gasteiger partial charge in [-0.05, 0) is 62.4 Å². The van der Waals surface area contributed by atoms with Crippen molar-refractivity contribution in [1.29, 1.82) is 0 Å². The molecule has 19 heavy (non-hydrogen) atoms. The molecule has 2 rings (SSSR count). The maximum atomic E-state index is 12.7. The van der Waals surface area contributed by atoms with Crippen molar-refractivity contribution in [2.24, 2.45) is 0 Å². The highest BCUT2D eigenvalue weighted by atomic mass is 19.4. The predicted octanol–water partition coefficient (Wildman–Crippen LogP) is 3.95. The fourth-order valence-corrected chi connectivity index (χ4v) is 2.83. The lowest BCUT2D eigenvalue weighted by Crippen LogP contribution is -2.42. The summed E-state index contributed by atoms with van der Waals surface area (Å²) in [7, 11) is 0. The van der Waals surface area contributed by atoms with Gasteiger partial charge in [0, 0.05) is 5.54 Å². The molecule has 1 aliphatic carbocycles. The van der Waals surface area contributed by atoms with E-state index in [2.05, 4.69) is 19.2 Å². The first-order chi connectivity index (χ1) is 8.84. The van der Waals surface area contributed by atoms with Crippen LogP contribution in [0.15, 0.2) is 18.2 Å². The number of rotatable bonds is 2. The summed E-state index contributed by atoms with van der Waals surface area (Å²) >= 11 is 0. The molecule has 0 fully saturated rings. The van der Waals surface area contributed by atoms with Crippen LogP contribution < -0.4 is 5.32 Å². The van der Waals surface area contributed by atoms with Crippen molar-refractivity contribution in [3.05, 3.63) is 34.9 Å². The number of alkyl halides is 3. The first kappa shape index (κ1) is 14.4. The molecule has 0 saturated carbocycles. The minimum absolute atomic E-state index is 0.0339. The third-order valence-corrected chi connectivity index (χ3v) is 4.03. The summed E-state index contributed by atoms with van der Waals surface area (Å²) in [5.41, 5.74) is 1.43. The summed E-state index contributed by atoms with van der Waals surface area (Å²) in [6.45, 7) is 5.11. The van der Waals surface area contributed by atoms with E-state index in [9.17, 15) is 13.2 Å². The fourth-order valence-electron chi connectivity index (χ4n) is 2.83. The van der Waals surface area contributed by atoms with Crippen LogP contribution in [0.25, 0.3) is 0 Å². The van der Waals surface area contributed by atoms with Gasteiger partial charge in [-0.2, -0.15) is 13.2 Å². The summed E-state index contributed by atoms with van der Waals surface area (Å²) in [5, 5.41) is 3.46. The van der Waals surface area contributed by atoms with Gasteiger partial charge in [-0.1, -0.05) is 13.0 Å². The van der Waals surface area contributed by atoms with E-state index in [-0.39, 0.29) is 5.54 Å². The van der Waals surface area contributed by atoms with E-state index in [1.54, 1.807) is 6.07 Å². The van der Waals surface area contributed by atoms with Crippen LogP contribution >= 0.6 is 0 Å². The number of halogens is 3. The van der Waals surface area contributed by atoms with Gasteiger partial charge in [-0.3, -0.25) is 0 Å². The van der Waals surface area contributed by atoms with Crippen LogP contribution in [-0.4, -0.2) is 12.1 Å². The molecule has 0 aromatic heterocycles. The molecule has 1 atom stereocenters. The van der Waals surface area contributed by atoms with Crippen molar-refractivity contribution < 1.29 is 13.2 Å². The van der Waals surface area contributed by atoms with E-state index < -0.39 is 11.7 Å². The van der Waals surface area contributed by atoms with Crippen molar-refractivity contribution in [1.82, 2.24) is 5.32 Å². The third-order valence-electron chi connectivity index (χ3n) is 4.03. The zero-order valence-electron chi connectivity index (χ0n) is 11.4. The lowest BCUT2D eigenvalue weighted by molar-refractivity contribution is -0.137. The molecule has 106 valence electrons. The highest BCUT2D eigenvalue weighted by molar-refractivity contribution is 5.35. The summed E-state index contributed by atoms with van der Waals surface area (Å²) in [6, 6.07) is 4.18. The van der Waals surface area contributed by atoms with Gasteiger partial charge in [0.1, 0.15) is 0 Å². The summed E-state index contributed by atoms with van der Waals surface area (Å²) in [4.78, 5) is 0. The lowest BCUT2D eigenvalue weighted by Gasteiger charge is -2.29. The van der Waals surface area contributed by atoms with Crippen LogP contribution in [0.1, 0.15) is 43.4 Å². The van der Waals surface area contributed by atoms with E-state index in [4.69, 9.17) is 0 Å². The molecule has 1 unspecified atom stereocenters. The van der Waals surface area contributed by atoms with Gasteiger partial charge in [-0.25, -0.2) is 0 Å². The Morgan fingerprint density at radius 1 is 1.16 bits per heavy atom. The molecule has 0 radical (unpaired) electrons. The van der Waals surface area contributed by atoms with E-state index >= 15 is 0 Å². The van der Waals surface area contributed by atoms with Crippen LogP contribution in [0.5, 0.6) is 0 Å². The molecule has 1 aromatic carbocycles. The van der Waals surface area contributed by atoms with Crippen molar-refractivity contribution >= 4 is 0 Å². The second kappa shape index (κ2) is 5.16. The van der Waals surface area contributed by atoms with Gasteiger partial charge >= 0.3 is 6.18 Å². The van der Waals surface area contributed by atoms with E-state index in [0.29, 0.717) is 6.42 Å². The molecule has 0 aliphatic heterocycles. The van der Waals surface area contributed by atoms with E-state index in [1.807, 2.05) is 0 Å². The van der Waals surface area contributed by atoms with Crippen molar-refractivity contribution in [2.45, 2.75) is 51.2 Å². The van der Waals surface area contributed by atoms with Gasteiger partial charge in [0.15, 0.2) is 0 Å². The Balaban J connectivity index is 2.24. The first-order valence-corrected chi connectivity index (χ1v) is 6.78. The van der Waals surface area contributed by atoms with Crippen molar-refractivity contribution in [3.63, 3.8) is 0 Å². The van der Waals surface area contributed by atoms with Gasteiger partial charge in [-0.15, -0.1) is 0 Å². The number of hydrogen-bond donors (Lipinski definition) is 1. The van der Waals surface area contributed by atoms with Crippen molar-refractivity contribution in [2.75, 3.05) is 6.54 Å². The molecule has 1 N–H and O–H groups in total. The molecule has 0 amide bonds. The number of hydrogen-bond acceptors (Lipinski definition) is 1. The lowest BCUT2D eigenvalue weighted by atomic mass is 9.92. The topological polar surface area (TPSA) is 12.0 Å². The Labute approximate surface area is 112 Å². The van der Waals surface area contributed by atoms with Crippen LogP contribution in [0.4, 0.5) is 13.2 Å². The first-order valence-electron chi connectivity index (χ1n) is 6.78. The SMILES string of the molecule is CCNC1(C)CCc2ccc(C(F)(F)F)cc2CC1. The maximum Gasteiger partial charge on any atom is 0.416 e. The molecule has 1 aromatic rings. The van der Waals surface area contributed by atoms with E-state index in [0.717, 1.165) is 36.9 Å². The summed E-state index contributed by atoms with van der Waals surface area (Å²) < 4.78 is 38.2. The zero-order valence-corrected chi connectivity index (χ0v) is 11.4. The Bertz CT molecular complexity index is 453. The van der Waals surface area contributed by atoms with Crippen LogP contribution in [-0.2, 0) is 19.0 Å². The summed E-state index contributed by atoms with van der Waals surface area (Å²) in [6.07, 6.45) is -0.833. The minimum atomic E-state index is -4.24. The second-order valence-electron chi connectivity index (χ2n) is 5.57. The van der Waals surface area contributed by atoms with Gasteiger partial charge in [0.25, 0.3) is 0 Å². The Kier molecular flexibility index (Phi) is 3.90. The molecular weight excluding hydrogens is 251 g/mol. The molecule has 4 heteroatoms. The predicted molar refractivity (Wildman–Crippen MR) is 70.2 cm³/mol. The molecule has 0 heterocycles. The Hall–Kier alpha value is -1.03. The normalized spacial score (nSPS) is 23.8. The fraction of sp³-hybridized carbons (Fsp3) is 0.600. The monoisotopic (exact) mass is 271 g/mol. The molecule has 0 spiro atoms. The number of benzene rings is 1. The highest BCUT2D eigenvalue weighted by Crippen LogP contribution is 2.33. The van der Waals surface area contributed by atoms with Crippen LogP contribution in [0.2, 0.25) is 0 Å². The average molecular weight is 271 g/mol. The largest absolute Gasteiger partial charge is 0.416 e. The molecule has 1 nitrogen and oxygen atoms in total. The quantitative estimate of drug-likeness (QED) is 0.803.